The molecule has 0 bridgehead atoms. The van der Waals surface area contributed by atoms with Crippen LogP contribution < -0.4 is 5.32 Å². The van der Waals surface area contributed by atoms with Gasteiger partial charge < -0.3 is 10.1 Å². The molecular weight excluding hydrogens is 234 g/mol. The summed E-state index contributed by atoms with van der Waals surface area (Å²) in [6, 6.07) is 15.5. The molecule has 2 aromatic rings. The second kappa shape index (κ2) is 6.69. The van der Waals surface area contributed by atoms with E-state index in [1.165, 1.54) is 16.3 Å². The summed E-state index contributed by atoms with van der Waals surface area (Å²) >= 11 is 0. The van der Waals surface area contributed by atoms with Crippen molar-refractivity contribution >= 4 is 10.8 Å². The lowest BCUT2D eigenvalue weighted by molar-refractivity contribution is 0.0628. The van der Waals surface area contributed by atoms with Crippen LogP contribution in [-0.2, 0) is 11.2 Å². The van der Waals surface area contributed by atoms with Crippen molar-refractivity contribution in [2.75, 3.05) is 13.7 Å². The third-order valence-electron chi connectivity index (χ3n) is 3.33. The van der Waals surface area contributed by atoms with Gasteiger partial charge in [0.2, 0.25) is 0 Å². The van der Waals surface area contributed by atoms with Gasteiger partial charge in [0, 0.05) is 6.04 Å². The summed E-state index contributed by atoms with van der Waals surface area (Å²) in [5.41, 5.74) is 1.35. The van der Waals surface area contributed by atoms with Gasteiger partial charge in [0.15, 0.2) is 0 Å². The largest absolute Gasteiger partial charge is 0.377 e. The average molecular weight is 257 g/mol. The monoisotopic (exact) mass is 257 g/mol. The van der Waals surface area contributed by atoms with E-state index in [1.807, 2.05) is 7.05 Å². The van der Waals surface area contributed by atoms with Crippen LogP contribution in [0, 0.1) is 0 Å². The Labute approximate surface area is 115 Å². The fraction of sp³-hybridized carbons (Fsp3) is 0.412. The zero-order chi connectivity index (χ0) is 13.7. The molecule has 0 aromatic heterocycles. The van der Waals surface area contributed by atoms with Gasteiger partial charge >= 0.3 is 0 Å². The van der Waals surface area contributed by atoms with E-state index in [0.29, 0.717) is 6.04 Å². The normalized spacial score (nSPS) is 13.1. The first-order valence-electron chi connectivity index (χ1n) is 6.95. The molecule has 0 fully saturated rings. The van der Waals surface area contributed by atoms with Gasteiger partial charge in [-0.25, -0.2) is 0 Å². The minimum absolute atomic E-state index is 0.285. The molecule has 1 atom stereocenters. The molecule has 0 spiro atoms. The van der Waals surface area contributed by atoms with E-state index >= 15 is 0 Å². The SMILES string of the molecule is CNC(COC(C)C)Cc1ccc2ccccc2c1. The van der Waals surface area contributed by atoms with Gasteiger partial charge in [0.1, 0.15) is 0 Å². The molecule has 102 valence electrons. The Hall–Kier alpha value is -1.38. The third-order valence-corrected chi connectivity index (χ3v) is 3.33. The zero-order valence-electron chi connectivity index (χ0n) is 12.0. The molecule has 2 heteroatoms. The molecule has 0 saturated heterocycles. The summed E-state index contributed by atoms with van der Waals surface area (Å²) in [6.45, 7) is 4.90. The molecule has 1 unspecified atom stereocenters. The molecular formula is C17H23NO. The van der Waals surface area contributed by atoms with Crippen molar-refractivity contribution in [1.29, 1.82) is 0 Å². The number of rotatable bonds is 6. The number of benzene rings is 2. The lowest BCUT2D eigenvalue weighted by Gasteiger charge is -2.18. The van der Waals surface area contributed by atoms with Gasteiger partial charge in [-0.3, -0.25) is 0 Å². The van der Waals surface area contributed by atoms with Crippen molar-refractivity contribution in [2.45, 2.75) is 32.4 Å². The summed E-state index contributed by atoms with van der Waals surface area (Å²) in [5.74, 6) is 0. The molecule has 0 amide bonds. The molecule has 0 radical (unpaired) electrons. The van der Waals surface area contributed by atoms with Crippen LogP contribution in [0.2, 0.25) is 0 Å². The number of likely N-dealkylation sites (N-methyl/N-ethyl adjacent to an activating group) is 1. The van der Waals surface area contributed by atoms with E-state index in [0.717, 1.165) is 13.0 Å². The van der Waals surface area contributed by atoms with Crippen molar-refractivity contribution in [3.05, 3.63) is 48.0 Å². The van der Waals surface area contributed by atoms with Gasteiger partial charge in [-0.1, -0.05) is 42.5 Å². The van der Waals surface area contributed by atoms with Gasteiger partial charge in [0.25, 0.3) is 0 Å². The first-order chi connectivity index (χ1) is 9.19. The maximum absolute atomic E-state index is 5.69. The number of hydrogen-bond acceptors (Lipinski definition) is 2. The molecule has 0 aliphatic rings. The Morgan fingerprint density at radius 2 is 1.79 bits per heavy atom. The second-order valence-electron chi connectivity index (χ2n) is 5.25. The lowest BCUT2D eigenvalue weighted by Crippen LogP contribution is -2.33. The lowest BCUT2D eigenvalue weighted by atomic mass is 10.0. The predicted molar refractivity (Wildman–Crippen MR) is 81.6 cm³/mol. The Kier molecular flexibility index (Phi) is 4.94. The number of ether oxygens (including phenoxy) is 1. The highest BCUT2D eigenvalue weighted by atomic mass is 16.5. The molecule has 1 N–H and O–H groups in total. The zero-order valence-corrected chi connectivity index (χ0v) is 12.0. The van der Waals surface area contributed by atoms with E-state index in [-0.39, 0.29) is 6.10 Å². The Morgan fingerprint density at radius 3 is 2.47 bits per heavy atom. The van der Waals surface area contributed by atoms with Gasteiger partial charge in [-0.15, -0.1) is 0 Å². The van der Waals surface area contributed by atoms with Gasteiger partial charge in [-0.2, -0.15) is 0 Å². The van der Waals surface area contributed by atoms with Crippen molar-refractivity contribution in [3.8, 4) is 0 Å². The molecule has 0 aliphatic heterocycles. The maximum Gasteiger partial charge on any atom is 0.0626 e. The van der Waals surface area contributed by atoms with E-state index in [9.17, 15) is 0 Å². The van der Waals surface area contributed by atoms with Crippen LogP contribution in [0.1, 0.15) is 19.4 Å². The van der Waals surface area contributed by atoms with Crippen molar-refractivity contribution in [1.82, 2.24) is 5.32 Å². The summed E-state index contributed by atoms with van der Waals surface area (Å²) in [4.78, 5) is 0. The topological polar surface area (TPSA) is 21.3 Å². The van der Waals surface area contributed by atoms with Crippen LogP contribution in [0.15, 0.2) is 42.5 Å². The second-order valence-corrected chi connectivity index (χ2v) is 5.25. The molecule has 2 aromatic carbocycles. The van der Waals surface area contributed by atoms with Crippen LogP contribution >= 0.6 is 0 Å². The van der Waals surface area contributed by atoms with E-state index in [1.54, 1.807) is 0 Å². The summed E-state index contributed by atoms with van der Waals surface area (Å²) in [7, 11) is 2.00. The van der Waals surface area contributed by atoms with Crippen LogP contribution in [0.4, 0.5) is 0 Å². The fourth-order valence-corrected chi connectivity index (χ4v) is 2.20. The third kappa shape index (κ3) is 4.05. The van der Waals surface area contributed by atoms with Gasteiger partial charge in [-0.05, 0) is 43.7 Å². The van der Waals surface area contributed by atoms with Crippen molar-refractivity contribution < 1.29 is 4.74 Å². The highest BCUT2D eigenvalue weighted by Crippen LogP contribution is 2.16. The standard InChI is InChI=1S/C17H23NO/c1-13(2)19-12-17(18-3)11-14-8-9-15-6-4-5-7-16(15)10-14/h4-10,13,17-18H,11-12H2,1-3H3. The molecule has 0 heterocycles. The Morgan fingerprint density at radius 1 is 1.05 bits per heavy atom. The highest BCUT2D eigenvalue weighted by molar-refractivity contribution is 5.82. The van der Waals surface area contributed by atoms with E-state index in [4.69, 9.17) is 4.74 Å². The summed E-state index contributed by atoms with van der Waals surface area (Å²) in [5, 5.41) is 5.93. The molecule has 19 heavy (non-hydrogen) atoms. The van der Waals surface area contributed by atoms with Crippen LogP contribution in [0.25, 0.3) is 10.8 Å². The molecule has 2 nitrogen and oxygen atoms in total. The number of hydrogen-bond donors (Lipinski definition) is 1. The van der Waals surface area contributed by atoms with Gasteiger partial charge in [0.05, 0.1) is 12.7 Å². The summed E-state index contributed by atoms with van der Waals surface area (Å²) in [6.07, 6.45) is 1.28. The molecule has 0 aliphatic carbocycles. The summed E-state index contributed by atoms with van der Waals surface area (Å²) < 4.78 is 5.69. The average Bonchev–Trinajstić information content (AvgIpc) is 2.43. The van der Waals surface area contributed by atoms with Crippen LogP contribution in [0.5, 0.6) is 0 Å². The van der Waals surface area contributed by atoms with Crippen LogP contribution in [0.3, 0.4) is 0 Å². The first kappa shape index (κ1) is 14.0. The fourth-order valence-electron chi connectivity index (χ4n) is 2.20. The van der Waals surface area contributed by atoms with E-state index < -0.39 is 0 Å². The van der Waals surface area contributed by atoms with Crippen LogP contribution in [-0.4, -0.2) is 25.8 Å². The molecule has 2 rings (SSSR count). The van der Waals surface area contributed by atoms with Crippen molar-refractivity contribution in [2.24, 2.45) is 0 Å². The molecule has 0 saturated carbocycles. The predicted octanol–water partition coefficient (Wildman–Crippen LogP) is 3.40. The smallest absolute Gasteiger partial charge is 0.0626 e. The number of fused-ring (bicyclic) bond motifs is 1. The van der Waals surface area contributed by atoms with Crippen molar-refractivity contribution in [3.63, 3.8) is 0 Å². The maximum atomic E-state index is 5.69. The highest BCUT2D eigenvalue weighted by Gasteiger charge is 2.09. The minimum atomic E-state index is 0.285. The first-order valence-corrected chi connectivity index (χ1v) is 6.95. The quantitative estimate of drug-likeness (QED) is 0.856. The minimum Gasteiger partial charge on any atom is -0.377 e. The Bertz CT molecular complexity index is 521. The Balaban J connectivity index is 2.06. The van der Waals surface area contributed by atoms with E-state index in [2.05, 4.69) is 61.6 Å². The number of nitrogens with one attached hydrogen (secondary N) is 1.